The van der Waals surface area contributed by atoms with Crippen molar-refractivity contribution in [2.45, 2.75) is 44.7 Å². The number of hydrogen-bond acceptors (Lipinski definition) is 7. The number of aromatic nitrogens is 3. The molecular weight excluding hydrogens is 450 g/mol. The second-order valence-corrected chi connectivity index (χ2v) is 9.88. The normalized spacial score (nSPS) is 22.6. The van der Waals surface area contributed by atoms with Crippen LogP contribution in [-0.4, -0.2) is 65.5 Å². The fourth-order valence-corrected chi connectivity index (χ4v) is 5.74. The maximum atomic E-state index is 14.3. The minimum absolute atomic E-state index is 0.133. The summed E-state index contributed by atoms with van der Waals surface area (Å²) in [5.41, 5.74) is 4.38. The summed E-state index contributed by atoms with van der Waals surface area (Å²) in [6, 6.07) is 7.51. The summed E-state index contributed by atoms with van der Waals surface area (Å²) in [6.45, 7) is 9.28. The summed E-state index contributed by atoms with van der Waals surface area (Å²) in [4.78, 5) is 9.61. The van der Waals surface area contributed by atoms with E-state index in [0.29, 0.717) is 18.3 Å². The molecule has 7 nitrogen and oxygen atoms in total. The van der Waals surface area contributed by atoms with Crippen molar-refractivity contribution < 1.29 is 13.5 Å². The Hall–Kier alpha value is -2.91. The Kier molecular flexibility index (Phi) is 5.56. The predicted molar refractivity (Wildman–Crippen MR) is 131 cm³/mol. The quantitative estimate of drug-likeness (QED) is 0.604. The van der Waals surface area contributed by atoms with Crippen LogP contribution in [0.15, 0.2) is 30.5 Å². The van der Waals surface area contributed by atoms with Gasteiger partial charge in [0.25, 0.3) is 5.92 Å². The van der Waals surface area contributed by atoms with Crippen molar-refractivity contribution in [3.05, 3.63) is 52.8 Å². The molecule has 184 valence electrons. The van der Waals surface area contributed by atoms with Crippen LogP contribution in [0.4, 0.5) is 20.3 Å². The Balaban J connectivity index is 1.31. The van der Waals surface area contributed by atoms with E-state index in [1.807, 2.05) is 26.1 Å². The number of morpholine rings is 1. The van der Waals surface area contributed by atoms with Gasteiger partial charge in [-0.1, -0.05) is 18.2 Å². The van der Waals surface area contributed by atoms with Gasteiger partial charge in [0.05, 0.1) is 48.4 Å². The predicted octanol–water partition coefficient (Wildman–Crippen LogP) is 4.07. The Morgan fingerprint density at radius 2 is 2.09 bits per heavy atom. The number of hydrogen-bond donors (Lipinski definition) is 1. The number of halogens is 2. The van der Waals surface area contributed by atoms with E-state index in [1.165, 1.54) is 0 Å². The van der Waals surface area contributed by atoms with Crippen molar-refractivity contribution in [2.24, 2.45) is 0 Å². The standard InChI is InChI=1S/C26H30F2N6O/c1-16(20-4-3-5-23-21(20)6-7-26(23,27)28)30-25-22-12-18(13-29-24(22)17(2)31-32-25)34-9-8-33-10-11-35-15-19(33)14-34/h3-5,12-13,16,19H,6-11,14-15H2,1-2H3,(H,30,32)/t16-,19+/m1/s1. The van der Waals surface area contributed by atoms with E-state index >= 15 is 0 Å². The molecule has 3 aromatic rings. The molecule has 4 heterocycles. The van der Waals surface area contributed by atoms with Gasteiger partial charge in [-0.15, -0.1) is 5.10 Å². The lowest BCUT2D eigenvalue weighted by Gasteiger charge is -2.44. The summed E-state index contributed by atoms with van der Waals surface area (Å²) in [6.07, 6.45) is 2.16. The van der Waals surface area contributed by atoms with Crippen molar-refractivity contribution in [1.82, 2.24) is 20.1 Å². The van der Waals surface area contributed by atoms with Crippen molar-refractivity contribution in [2.75, 3.05) is 49.6 Å². The van der Waals surface area contributed by atoms with Gasteiger partial charge in [-0.3, -0.25) is 9.88 Å². The molecule has 6 rings (SSSR count). The van der Waals surface area contributed by atoms with Gasteiger partial charge in [-0.05, 0) is 37.5 Å². The molecule has 1 aromatic carbocycles. The third-order valence-electron chi connectivity index (χ3n) is 7.69. The van der Waals surface area contributed by atoms with E-state index < -0.39 is 5.92 Å². The zero-order chi connectivity index (χ0) is 24.2. The van der Waals surface area contributed by atoms with Crippen LogP contribution in [0.3, 0.4) is 0 Å². The van der Waals surface area contributed by atoms with Gasteiger partial charge in [0.2, 0.25) is 0 Å². The first kappa shape index (κ1) is 22.5. The summed E-state index contributed by atoms with van der Waals surface area (Å²) in [7, 11) is 0. The van der Waals surface area contributed by atoms with Crippen LogP contribution in [0.5, 0.6) is 0 Å². The zero-order valence-corrected chi connectivity index (χ0v) is 20.1. The van der Waals surface area contributed by atoms with E-state index in [0.717, 1.165) is 72.8 Å². The number of benzene rings is 1. The highest BCUT2D eigenvalue weighted by Crippen LogP contribution is 2.44. The second kappa shape index (κ2) is 8.64. The molecule has 0 amide bonds. The van der Waals surface area contributed by atoms with E-state index in [4.69, 9.17) is 9.72 Å². The smallest absolute Gasteiger partial charge is 0.273 e. The Bertz CT molecular complexity index is 1270. The van der Waals surface area contributed by atoms with Crippen LogP contribution in [0.1, 0.15) is 41.8 Å². The molecule has 9 heteroatoms. The summed E-state index contributed by atoms with van der Waals surface area (Å²) in [5.74, 6) is -2.14. The highest BCUT2D eigenvalue weighted by atomic mass is 19.3. The third kappa shape index (κ3) is 4.00. The fourth-order valence-electron chi connectivity index (χ4n) is 5.74. The monoisotopic (exact) mass is 480 g/mol. The van der Waals surface area contributed by atoms with Gasteiger partial charge < -0.3 is 15.0 Å². The number of rotatable bonds is 4. The van der Waals surface area contributed by atoms with Gasteiger partial charge in [-0.25, -0.2) is 8.78 Å². The molecule has 0 unspecified atom stereocenters. The molecule has 1 N–H and O–H groups in total. The van der Waals surface area contributed by atoms with Crippen molar-refractivity contribution in [3.63, 3.8) is 0 Å². The van der Waals surface area contributed by atoms with Gasteiger partial charge >= 0.3 is 0 Å². The lowest BCUT2D eigenvalue weighted by atomic mass is 9.97. The average molecular weight is 481 g/mol. The van der Waals surface area contributed by atoms with E-state index in [9.17, 15) is 8.78 Å². The fraction of sp³-hybridized carbons (Fsp3) is 0.500. The van der Waals surface area contributed by atoms with Crippen LogP contribution < -0.4 is 10.2 Å². The number of aryl methyl sites for hydroxylation is 1. The number of nitrogens with one attached hydrogen (secondary N) is 1. The second-order valence-electron chi connectivity index (χ2n) is 9.88. The minimum atomic E-state index is -2.76. The van der Waals surface area contributed by atoms with Crippen LogP contribution in [0, 0.1) is 6.92 Å². The van der Waals surface area contributed by atoms with E-state index in [2.05, 4.69) is 31.4 Å². The number of ether oxygens (including phenoxy) is 1. The van der Waals surface area contributed by atoms with Gasteiger partial charge in [0, 0.05) is 43.5 Å². The Labute approximate surface area is 203 Å². The molecule has 2 saturated heterocycles. The number of nitrogens with zero attached hydrogens (tertiary/aromatic N) is 5. The van der Waals surface area contributed by atoms with E-state index in [-0.39, 0.29) is 18.0 Å². The molecule has 2 atom stereocenters. The number of piperazine rings is 1. The van der Waals surface area contributed by atoms with Crippen LogP contribution in [0.25, 0.3) is 10.9 Å². The van der Waals surface area contributed by atoms with Crippen LogP contribution in [0.2, 0.25) is 0 Å². The molecule has 0 bridgehead atoms. The number of anilines is 2. The van der Waals surface area contributed by atoms with Crippen molar-refractivity contribution in [3.8, 4) is 0 Å². The largest absolute Gasteiger partial charge is 0.378 e. The molecule has 1 aliphatic carbocycles. The summed E-state index contributed by atoms with van der Waals surface area (Å²) in [5, 5.41) is 13.1. The minimum Gasteiger partial charge on any atom is -0.378 e. The third-order valence-corrected chi connectivity index (χ3v) is 7.69. The number of pyridine rings is 1. The zero-order valence-electron chi connectivity index (χ0n) is 20.1. The van der Waals surface area contributed by atoms with Crippen molar-refractivity contribution in [1.29, 1.82) is 0 Å². The topological polar surface area (TPSA) is 66.4 Å². The van der Waals surface area contributed by atoms with Crippen LogP contribution in [-0.2, 0) is 17.1 Å². The Morgan fingerprint density at radius 1 is 1.20 bits per heavy atom. The number of fused-ring (bicyclic) bond motifs is 3. The molecule has 2 fully saturated rings. The summed E-state index contributed by atoms with van der Waals surface area (Å²) < 4.78 is 34.3. The Morgan fingerprint density at radius 3 is 2.97 bits per heavy atom. The van der Waals surface area contributed by atoms with E-state index in [1.54, 1.807) is 12.1 Å². The molecular formula is C26H30F2N6O. The van der Waals surface area contributed by atoms with Gasteiger partial charge in [0.1, 0.15) is 0 Å². The number of alkyl halides is 2. The molecule has 0 spiro atoms. The highest BCUT2D eigenvalue weighted by Gasteiger charge is 2.40. The summed E-state index contributed by atoms with van der Waals surface area (Å²) >= 11 is 0. The first-order valence-electron chi connectivity index (χ1n) is 12.4. The lowest BCUT2D eigenvalue weighted by molar-refractivity contribution is -0.0116. The molecule has 0 radical (unpaired) electrons. The molecule has 0 saturated carbocycles. The van der Waals surface area contributed by atoms with Gasteiger partial charge in [0.15, 0.2) is 5.82 Å². The SMILES string of the molecule is Cc1nnc(N[C@H](C)c2cccc3c2CCC3(F)F)c2cc(N3CCN4CCOC[C@@H]4C3)cnc12. The first-order valence-corrected chi connectivity index (χ1v) is 12.4. The lowest BCUT2D eigenvalue weighted by Crippen LogP contribution is -2.58. The molecule has 2 aliphatic heterocycles. The molecule has 3 aliphatic rings. The van der Waals surface area contributed by atoms with Crippen molar-refractivity contribution >= 4 is 22.4 Å². The maximum Gasteiger partial charge on any atom is 0.273 e. The highest BCUT2D eigenvalue weighted by molar-refractivity contribution is 5.92. The average Bonchev–Trinajstić information content (AvgIpc) is 3.19. The molecule has 2 aromatic heterocycles. The van der Waals surface area contributed by atoms with Crippen LogP contribution >= 0.6 is 0 Å². The maximum absolute atomic E-state index is 14.3. The van der Waals surface area contributed by atoms with Gasteiger partial charge in [-0.2, -0.15) is 5.10 Å². The molecule has 35 heavy (non-hydrogen) atoms. The first-order chi connectivity index (χ1) is 16.9.